The molecule has 34 heavy (non-hydrogen) atoms. The fourth-order valence-corrected chi connectivity index (χ4v) is 9.47. The summed E-state index contributed by atoms with van der Waals surface area (Å²) in [4.78, 5) is 0. The van der Waals surface area contributed by atoms with Gasteiger partial charge in [0.1, 0.15) is 23.2 Å². The predicted molar refractivity (Wildman–Crippen MR) is 156 cm³/mol. The minimum absolute atomic E-state index is 0.280. The van der Waals surface area contributed by atoms with Gasteiger partial charge in [-0.15, -0.1) is 0 Å². The fourth-order valence-electron chi connectivity index (χ4n) is 4.13. The van der Waals surface area contributed by atoms with Gasteiger partial charge in [-0.3, -0.25) is 0 Å². The van der Waals surface area contributed by atoms with Gasteiger partial charge < -0.3 is 4.43 Å². The summed E-state index contributed by atoms with van der Waals surface area (Å²) in [6, 6.07) is 33.5. The molecule has 3 aromatic carbocycles. The second kappa shape index (κ2) is 12.1. The van der Waals surface area contributed by atoms with Gasteiger partial charge in [0.15, 0.2) is 8.32 Å². The zero-order chi connectivity index (χ0) is 24.5. The van der Waals surface area contributed by atoms with Crippen molar-refractivity contribution >= 4 is 31.5 Å². The lowest BCUT2D eigenvalue weighted by atomic mass is 10.2. The van der Waals surface area contributed by atoms with Gasteiger partial charge in [-0.05, 0) is 67.4 Å². The highest BCUT2D eigenvalue weighted by atomic mass is 31.2. The summed E-state index contributed by atoms with van der Waals surface area (Å²) in [5, 5.41) is 4.66. The first-order chi connectivity index (χ1) is 16.3. The van der Waals surface area contributed by atoms with Crippen molar-refractivity contribution in [3.05, 3.63) is 103 Å². The lowest BCUT2D eigenvalue weighted by Gasteiger charge is -2.36. The van der Waals surface area contributed by atoms with Crippen molar-refractivity contribution in [3.63, 3.8) is 0 Å². The van der Waals surface area contributed by atoms with Gasteiger partial charge in [-0.25, -0.2) is 0 Å². The Hall–Kier alpha value is -1.99. The molecule has 0 heterocycles. The maximum Gasteiger partial charge on any atom is 0.191 e. The molecule has 3 heteroatoms. The largest absolute Gasteiger partial charge is 0.417 e. The van der Waals surface area contributed by atoms with Crippen molar-refractivity contribution in [1.82, 2.24) is 0 Å². The quantitative estimate of drug-likeness (QED) is 0.116. The van der Waals surface area contributed by atoms with E-state index in [1.807, 2.05) is 0 Å². The number of benzene rings is 3. The molecule has 0 bridgehead atoms. The molecule has 0 N–H and O–H groups in total. The van der Waals surface area contributed by atoms with Gasteiger partial charge in [0.25, 0.3) is 0 Å². The summed E-state index contributed by atoms with van der Waals surface area (Å²) >= 11 is 0. The topological polar surface area (TPSA) is 9.23 Å². The first-order valence-electron chi connectivity index (χ1n) is 12.6. The molecule has 0 fully saturated rings. The average Bonchev–Trinajstić information content (AvgIpc) is 2.84. The summed E-state index contributed by atoms with van der Waals surface area (Å²) in [5.74, 6) is 0. The third-order valence-electron chi connectivity index (χ3n) is 7.17. The van der Waals surface area contributed by atoms with Gasteiger partial charge >= 0.3 is 0 Å². The molecular weight excluding hydrogens is 447 g/mol. The summed E-state index contributed by atoms with van der Waals surface area (Å²) in [5.41, 5.74) is 0. The van der Waals surface area contributed by atoms with E-state index in [9.17, 15) is 0 Å². The zero-order valence-electron chi connectivity index (χ0n) is 21.7. The van der Waals surface area contributed by atoms with Gasteiger partial charge in [0.2, 0.25) is 0 Å². The molecule has 180 valence electrons. The number of allylic oxidation sites excluding steroid dienone is 2. The summed E-state index contributed by atoms with van der Waals surface area (Å²) in [6.07, 6.45) is 9.17. The maximum absolute atomic E-state index is 6.34. The van der Waals surface area contributed by atoms with Crippen molar-refractivity contribution in [1.29, 1.82) is 0 Å². The first-order valence-corrected chi connectivity index (χ1v) is 17.5. The van der Waals surface area contributed by atoms with Crippen LogP contribution in [-0.2, 0) is 4.43 Å². The molecule has 0 atom stereocenters. The van der Waals surface area contributed by atoms with Crippen LogP contribution in [0.3, 0.4) is 0 Å². The van der Waals surface area contributed by atoms with Gasteiger partial charge in [0, 0.05) is 13.0 Å². The highest BCUT2D eigenvalue weighted by molar-refractivity contribution is 7.95. The monoisotopic (exact) mass is 489 g/mol. The minimum atomic E-state index is -1.73. The van der Waals surface area contributed by atoms with Crippen LogP contribution in [0.2, 0.25) is 18.1 Å². The van der Waals surface area contributed by atoms with Crippen molar-refractivity contribution in [2.24, 2.45) is 0 Å². The van der Waals surface area contributed by atoms with Crippen molar-refractivity contribution in [3.8, 4) is 0 Å². The number of unbranched alkanes of at least 4 members (excludes halogenated alkanes) is 1. The third-order valence-corrected chi connectivity index (χ3v) is 16.2. The van der Waals surface area contributed by atoms with Crippen molar-refractivity contribution < 1.29 is 4.43 Å². The Balaban J connectivity index is 1.73. The van der Waals surface area contributed by atoms with Crippen LogP contribution < -0.4 is 15.9 Å². The van der Waals surface area contributed by atoms with Crippen molar-refractivity contribution in [2.45, 2.75) is 58.2 Å². The molecular formula is C31H42OPSi+. The standard InChI is InChI=1S/C31H42OPSi/c1-31(2,3)34(4,5)32-26-18-7-6-8-19-27-33(28-20-12-9-13-21-28,29-22-14-10-15-23-29)30-24-16-11-17-25-30/h6,8-17,20-25H,7,18-19,26-27H2,1-5H3/q+1/b8-6-. The van der Waals surface area contributed by atoms with Crippen molar-refractivity contribution in [2.75, 3.05) is 12.8 Å². The second-order valence-electron chi connectivity index (χ2n) is 10.6. The van der Waals surface area contributed by atoms with Crippen LogP contribution in [0, 0.1) is 0 Å². The molecule has 0 aliphatic rings. The second-order valence-corrected chi connectivity index (χ2v) is 19.0. The van der Waals surface area contributed by atoms with Gasteiger partial charge in [0.05, 0.1) is 6.16 Å². The zero-order valence-corrected chi connectivity index (χ0v) is 23.6. The maximum atomic E-state index is 6.34. The molecule has 0 radical (unpaired) electrons. The molecule has 3 rings (SSSR count). The number of hydrogen-bond acceptors (Lipinski definition) is 1. The number of rotatable bonds is 11. The molecule has 0 aliphatic heterocycles. The van der Waals surface area contributed by atoms with E-state index in [1.54, 1.807) is 0 Å². The Morgan fingerprint density at radius 3 is 1.50 bits per heavy atom. The van der Waals surface area contributed by atoms with E-state index in [-0.39, 0.29) is 5.04 Å². The van der Waals surface area contributed by atoms with Gasteiger partial charge in [-0.2, -0.15) is 0 Å². The van der Waals surface area contributed by atoms with E-state index in [4.69, 9.17) is 4.43 Å². The molecule has 0 aromatic heterocycles. The highest BCUT2D eigenvalue weighted by Gasteiger charge is 2.44. The Morgan fingerprint density at radius 2 is 1.09 bits per heavy atom. The molecule has 0 saturated carbocycles. The molecule has 0 saturated heterocycles. The first kappa shape index (κ1) is 26.6. The lowest BCUT2D eigenvalue weighted by molar-refractivity contribution is 0.283. The lowest BCUT2D eigenvalue weighted by Crippen LogP contribution is -2.40. The van der Waals surface area contributed by atoms with Crippen LogP contribution >= 0.6 is 7.26 Å². The number of hydrogen-bond donors (Lipinski definition) is 0. The molecule has 0 aliphatic carbocycles. The Bertz CT molecular complexity index is 911. The Labute approximate surface area is 209 Å². The van der Waals surface area contributed by atoms with Crippen LogP contribution in [0.15, 0.2) is 103 Å². The van der Waals surface area contributed by atoms with E-state index in [0.29, 0.717) is 0 Å². The molecule has 0 amide bonds. The SMILES string of the molecule is CC(C)(C)[Si](C)(C)OCCC/C=C\CC[P+](c1ccccc1)(c1ccccc1)c1ccccc1. The molecule has 0 unspecified atom stereocenters. The highest BCUT2D eigenvalue weighted by Crippen LogP contribution is 2.55. The van der Waals surface area contributed by atoms with E-state index in [0.717, 1.165) is 32.0 Å². The minimum Gasteiger partial charge on any atom is -0.417 e. The summed E-state index contributed by atoms with van der Waals surface area (Å²) < 4.78 is 6.34. The Morgan fingerprint density at radius 1 is 0.676 bits per heavy atom. The van der Waals surface area contributed by atoms with Crippen LogP contribution in [0.1, 0.15) is 40.0 Å². The van der Waals surface area contributed by atoms with E-state index in [2.05, 4.69) is 137 Å². The van der Waals surface area contributed by atoms with E-state index >= 15 is 0 Å². The average molecular weight is 490 g/mol. The summed E-state index contributed by atoms with van der Waals surface area (Å²) in [6.45, 7) is 12.5. The van der Waals surface area contributed by atoms with Gasteiger partial charge in [-0.1, -0.05) is 87.5 Å². The predicted octanol–water partition coefficient (Wildman–Crippen LogP) is 7.73. The van der Waals surface area contributed by atoms with Crippen LogP contribution in [0.4, 0.5) is 0 Å². The molecule has 0 spiro atoms. The normalized spacial score (nSPS) is 12.9. The molecule has 3 aromatic rings. The van der Waals surface area contributed by atoms with Crippen LogP contribution in [-0.4, -0.2) is 21.1 Å². The third kappa shape index (κ3) is 6.57. The van der Waals surface area contributed by atoms with Crippen LogP contribution in [0.5, 0.6) is 0 Å². The smallest absolute Gasteiger partial charge is 0.191 e. The Kier molecular flexibility index (Phi) is 9.48. The summed E-state index contributed by atoms with van der Waals surface area (Å²) in [7, 11) is -3.36. The van der Waals surface area contributed by atoms with E-state index in [1.165, 1.54) is 15.9 Å². The fraction of sp³-hybridized carbons (Fsp3) is 0.355. The van der Waals surface area contributed by atoms with E-state index < -0.39 is 15.6 Å². The van der Waals surface area contributed by atoms with Crippen LogP contribution in [0.25, 0.3) is 0 Å². The molecule has 1 nitrogen and oxygen atoms in total.